The molecule has 1 aliphatic carbocycles. The number of hydrogen-bond donors (Lipinski definition) is 1. The number of carbonyl (C=O) groups is 2. The maximum absolute atomic E-state index is 12.4. The maximum Gasteiger partial charge on any atom is 0.319 e. The van der Waals surface area contributed by atoms with Crippen molar-refractivity contribution in [3.63, 3.8) is 0 Å². The van der Waals surface area contributed by atoms with Crippen LogP contribution in [0, 0.1) is 11.3 Å². The van der Waals surface area contributed by atoms with Gasteiger partial charge in [0.15, 0.2) is 0 Å². The fraction of sp³-hybridized carbons (Fsp3) is 0.867. The van der Waals surface area contributed by atoms with Gasteiger partial charge in [-0.15, -0.1) is 0 Å². The van der Waals surface area contributed by atoms with Crippen molar-refractivity contribution < 1.29 is 19.1 Å². The largest absolute Gasteiger partial charge is 0.465 e. The van der Waals surface area contributed by atoms with Crippen molar-refractivity contribution in [3.05, 3.63) is 0 Å². The summed E-state index contributed by atoms with van der Waals surface area (Å²) in [6.07, 6.45) is 2.85. The first kappa shape index (κ1) is 17.0. The molecule has 3 atom stereocenters. The van der Waals surface area contributed by atoms with E-state index < -0.39 is 17.3 Å². The van der Waals surface area contributed by atoms with Crippen LogP contribution in [0.3, 0.4) is 0 Å². The Bertz CT molecular complexity index is 348. The summed E-state index contributed by atoms with van der Waals surface area (Å²) in [6.45, 7) is 7.66. The molecule has 1 fully saturated rings. The smallest absolute Gasteiger partial charge is 0.319 e. The average molecular weight is 285 g/mol. The molecule has 5 heteroatoms. The molecule has 0 aliphatic heterocycles. The predicted molar refractivity (Wildman–Crippen MR) is 76.2 cm³/mol. The molecule has 3 unspecified atom stereocenters. The van der Waals surface area contributed by atoms with Gasteiger partial charge in [-0.1, -0.05) is 20.8 Å². The maximum atomic E-state index is 12.4. The summed E-state index contributed by atoms with van der Waals surface area (Å²) in [4.78, 5) is 24.4. The number of amides is 1. The van der Waals surface area contributed by atoms with E-state index in [9.17, 15) is 9.59 Å². The molecule has 0 spiro atoms. The fourth-order valence-corrected chi connectivity index (χ4v) is 2.65. The van der Waals surface area contributed by atoms with Crippen LogP contribution in [0.2, 0.25) is 0 Å². The second-order valence-electron chi connectivity index (χ2n) is 6.43. The monoisotopic (exact) mass is 285 g/mol. The number of methoxy groups -OCH3 is 1. The minimum Gasteiger partial charge on any atom is -0.465 e. The molecule has 116 valence electrons. The first-order chi connectivity index (χ1) is 9.29. The zero-order valence-corrected chi connectivity index (χ0v) is 13.2. The lowest BCUT2D eigenvalue weighted by Gasteiger charge is -2.28. The Morgan fingerprint density at radius 2 is 1.95 bits per heavy atom. The van der Waals surface area contributed by atoms with Gasteiger partial charge < -0.3 is 14.8 Å². The third-order valence-electron chi connectivity index (χ3n) is 3.71. The molecular formula is C15H27NO4. The Kier molecular flexibility index (Phi) is 5.99. The van der Waals surface area contributed by atoms with Gasteiger partial charge >= 0.3 is 5.97 Å². The lowest BCUT2D eigenvalue weighted by Crippen LogP contribution is -2.46. The lowest BCUT2D eigenvalue weighted by molar-refractivity contribution is -0.156. The topological polar surface area (TPSA) is 64.6 Å². The molecule has 1 aliphatic rings. The van der Waals surface area contributed by atoms with Gasteiger partial charge in [-0.25, -0.2) is 0 Å². The summed E-state index contributed by atoms with van der Waals surface area (Å²) in [5, 5.41) is 2.97. The molecule has 0 saturated heterocycles. The molecule has 1 rings (SSSR count). The van der Waals surface area contributed by atoms with Crippen LogP contribution in [0.15, 0.2) is 0 Å². The molecular weight excluding hydrogens is 258 g/mol. The number of esters is 1. The molecule has 0 aromatic heterocycles. The van der Waals surface area contributed by atoms with E-state index in [1.54, 1.807) is 14.0 Å². The van der Waals surface area contributed by atoms with E-state index in [2.05, 4.69) is 5.32 Å². The molecule has 0 bridgehead atoms. The lowest BCUT2D eigenvalue weighted by atomic mass is 9.80. The van der Waals surface area contributed by atoms with Gasteiger partial charge in [-0.3, -0.25) is 9.59 Å². The Hall–Kier alpha value is -1.10. The SMILES string of the molecule is CCOC(=O)C(C(=O)NC1CCC(OC)C1)C(C)(C)C. The molecule has 1 saturated carbocycles. The molecule has 1 N–H and O–H groups in total. The average Bonchev–Trinajstić information content (AvgIpc) is 2.75. The highest BCUT2D eigenvalue weighted by Gasteiger charge is 2.40. The zero-order chi connectivity index (χ0) is 15.3. The van der Waals surface area contributed by atoms with Gasteiger partial charge in [0, 0.05) is 13.2 Å². The van der Waals surface area contributed by atoms with Crippen molar-refractivity contribution in [2.45, 2.75) is 59.1 Å². The minimum atomic E-state index is -0.774. The van der Waals surface area contributed by atoms with E-state index in [-0.39, 0.29) is 24.7 Å². The molecule has 0 aromatic rings. The normalized spacial score (nSPS) is 24.2. The van der Waals surface area contributed by atoms with Crippen LogP contribution in [-0.4, -0.2) is 37.7 Å². The van der Waals surface area contributed by atoms with E-state index in [1.165, 1.54) is 0 Å². The second-order valence-corrected chi connectivity index (χ2v) is 6.43. The molecule has 1 amide bonds. The third kappa shape index (κ3) is 4.47. The van der Waals surface area contributed by atoms with Gasteiger partial charge in [0.1, 0.15) is 5.92 Å². The van der Waals surface area contributed by atoms with Gasteiger partial charge in [-0.2, -0.15) is 0 Å². The summed E-state index contributed by atoms with van der Waals surface area (Å²) in [5.74, 6) is -1.46. The second kappa shape index (κ2) is 7.07. The quantitative estimate of drug-likeness (QED) is 0.619. The summed E-state index contributed by atoms with van der Waals surface area (Å²) in [5.41, 5.74) is -0.463. The minimum absolute atomic E-state index is 0.0896. The summed E-state index contributed by atoms with van der Waals surface area (Å²) in [6, 6.07) is 0.0896. The van der Waals surface area contributed by atoms with Gasteiger partial charge in [0.25, 0.3) is 0 Å². The first-order valence-corrected chi connectivity index (χ1v) is 7.29. The molecule has 0 aromatic carbocycles. The summed E-state index contributed by atoms with van der Waals surface area (Å²) >= 11 is 0. The van der Waals surface area contributed by atoms with Crippen molar-refractivity contribution >= 4 is 11.9 Å². The van der Waals surface area contributed by atoms with Gasteiger partial charge in [-0.05, 0) is 31.6 Å². The Labute approximate surface area is 121 Å². The number of nitrogens with one attached hydrogen (secondary N) is 1. The number of carbonyl (C=O) groups excluding carboxylic acids is 2. The standard InChI is InChI=1S/C15H27NO4/c1-6-20-14(18)12(15(2,3)4)13(17)16-10-7-8-11(9-10)19-5/h10-12H,6-9H2,1-5H3,(H,16,17). The summed E-state index contributed by atoms with van der Waals surface area (Å²) < 4.78 is 10.3. The van der Waals surface area contributed by atoms with E-state index in [4.69, 9.17) is 9.47 Å². The van der Waals surface area contributed by atoms with E-state index >= 15 is 0 Å². The fourth-order valence-electron chi connectivity index (χ4n) is 2.65. The Balaban J connectivity index is 2.67. The van der Waals surface area contributed by atoms with Crippen molar-refractivity contribution in [1.82, 2.24) is 5.32 Å². The highest BCUT2D eigenvalue weighted by Crippen LogP contribution is 2.29. The van der Waals surface area contributed by atoms with Crippen LogP contribution in [-0.2, 0) is 19.1 Å². The first-order valence-electron chi connectivity index (χ1n) is 7.29. The Morgan fingerprint density at radius 3 is 2.40 bits per heavy atom. The molecule has 0 radical (unpaired) electrons. The van der Waals surface area contributed by atoms with Crippen LogP contribution in [0.1, 0.15) is 47.0 Å². The van der Waals surface area contributed by atoms with Crippen LogP contribution in [0.4, 0.5) is 0 Å². The van der Waals surface area contributed by atoms with Crippen LogP contribution in [0.25, 0.3) is 0 Å². The van der Waals surface area contributed by atoms with E-state index in [0.29, 0.717) is 0 Å². The Morgan fingerprint density at radius 1 is 1.30 bits per heavy atom. The third-order valence-corrected chi connectivity index (χ3v) is 3.71. The number of rotatable bonds is 5. The number of ether oxygens (including phenoxy) is 2. The zero-order valence-electron chi connectivity index (χ0n) is 13.2. The van der Waals surface area contributed by atoms with Crippen LogP contribution < -0.4 is 5.32 Å². The van der Waals surface area contributed by atoms with Crippen LogP contribution in [0.5, 0.6) is 0 Å². The highest BCUT2D eigenvalue weighted by molar-refractivity contribution is 5.98. The van der Waals surface area contributed by atoms with Crippen molar-refractivity contribution in [2.75, 3.05) is 13.7 Å². The number of hydrogen-bond acceptors (Lipinski definition) is 4. The molecule has 5 nitrogen and oxygen atoms in total. The summed E-state index contributed by atoms with van der Waals surface area (Å²) in [7, 11) is 1.69. The molecule has 0 heterocycles. The van der Waals surface area contributed by atoms with Crippen molar-refractivity contribution in [2.24, 2.45) is 11.3 Å². The highest BCUT2D eigenvalue weighted by atomic mass is 16.5. The van der Waals surface area contributed by atoms with Crippen molar-refractivity contribution in [1.29, 1.82) is 0 Å². The molecule has 20 heavy (non-hydrogen) atoms. The van der Waals surface area contributed by atoms with Crippen LogP contribution >= 0.6 is 0 Å². The van der Waals surface area contributed by atoms with Gasteiger partial charge in [0.05, 0.1) is 12.7 Å². The van der Waals surface area contributed by atoms with E-state index in [1.807, 2.05) is 20.8 Å². The predicted octanol–water partition coefficient (Wildman–Crippen LogP) is 1.90. The van der Waals surface area contributed by atoms with Gasteiger partial charge in [0.2, 0.25) is 5.91 Å². The van der Waals surface area contributed by atoms with Crippen molar-refractivity contribution in [3.8, 4) is 0 Å². The van der Waals surface area contributed by atoms with E-state index in [0.717, 1.165) is 19.3 Å².